The normalized spacial score (nSPS) is 15.2. The van der Waals surface area contributed by atoms with Crippen molar-refractivity contribution in [1.29, 1.82) is 0 Å². The minimum absolute atomic E-state index is 0.0246. The van der Waals surface area contributed by atoms with Gasteiger partial charge in [0.25, 0.3) is 0 Å². The van der Waals surface area contributed by atoms with Crippen molar-refractivity contribution in [2.24, 2.45) is 11.8 Å². The molecule has 0 saturated carbocycles. The average Bonchev–Trinajstić information content (AvgIpc) is 2.69. The van der Waals surface area contributed by atoms with Gasteiger partial charge in [-0.3, -0.25) is 9.59 Å². The van der Waals surface area contributed by atoms with Crippen LogP contribution >= 0.6 is 0 Å². The molecular formula is C21H32N2O3. The van der Waals surface area contributed by atoms with Crippen molar-refractivity contribution in [3.8, 4) is 5.75 Å². The van der Waals surface area contributed by atoms with Crippen molar-refractivity contribution in [2.45, 2.75) is 46.0 Å². The van der Waals surface area contributed by atoms with E-state index < -0.39 is 0 Å². The van der Waals surface area contributed by atoms with E-state index in [1.54, 1.807) is 7.11 Å². The number of rotatable bonds is 8. The fraction of sp³-hybridized carbons (Fsp3) is 0.619. The van der Waals surface area contributed by atoms with Gasteiger partial charge in [-0.05, 0) is 49.8 Å². The SMILES string of the molecule is CCC(CC)C(=O)N1CCC(C(=O)NCCc2ccc(OC)cc2)CC1. The van der Waals surface area contributed by atoms with E-state index in [4.69, 9.17) is 4.74 Å². The summed E-state index contributed by atoms with van der Waals surface area (Å²) in [4.78, 5) is 26.7. The number of carbonyl (C=O) groups is 2. The van der Waals surface area contributed by atoms with Gasteiger partial charge in [-0.15, -0.1) is 0 Å². The summed E-state index contributed by atoms with van der Waals surface area (Å²) in [7, 11) is 1.65. The molecule has 1 aliphatic heterocycles. The molecule has 1 aromatic rings. The Morgan fingerprint density at radius 3 is 2.31 bits per heavy atom. The van der Waals surface area contributed by atoms with Crippen LogP contribution in [0.4, 0.5) is 0 Å². The minimum Gasteiger partial charge on any atom is -0.497 e. The van der Waals surface area contributed by atoms with Crippen LogP contribution in [0.25, 0.3) is 0 Å². The maximum absolute atomic E-state index is 12.4. The first-order valence-electron chi connectivity index (χ1n) is 9.78. The van der Waals surface area contributed by atoms with Crippen LogP contribution in [0.15, 0.2) is 24.3 Å². The van der Waals surface area contributed by atoms with Gasteiger partial charge in [-0.25, -0.2) is 0 Å². The Hall–Kier alpha value is -2.04. The third-order valence-corrected chi connectivity index (χ3v) is 5.38. The van der Waals surface area contributed by atoms with Gasteiger partial charge >= 0.3 is 0 Å². The molecule has 0 aromatic heterocycles. The molecule has 144 valence electrons. The third-order valence-electron chi connectivity index (χ3n) is 5.38. The summed E-state index contributed by atoms with van der Waals surface area (Å²) in [5.74, 6) is 1.37. The quantitative estimate of drug-likeness (QED) is 0.775. The lowest BCUT2D eigenvalue weighted by molar-refractivity contribution is -0.139. The van der Waals surface area contributed by atoms with E-state index in [1.807, 2.05) is 29.2 Å². The van der Waals surface area contributed by atoms with E-state index >= 15 is 0 Å². The van der Waals surface area contributed by atoms with Crippen LogP contribution in [-0.4, -0.2) is 43.5 Å². The summed E-state index contributed by atoms with van der Waals surface area (Å²) >= 11 is 0. The van der Waals surface area contributed by atoms with Crippen LogP contribution in [0, 0.1) is 11.8 Å². The molecule has 1 fully saturated rings. The molecule has 1 N–H and O–H groups in total. The van der Waals surface area contributed by atoms with Crippen LogP contribution in [-0.2, 0) is 16.0 Å². The summed E-state index contributed by atoms with van der Waals surface area (Å²) in [6.07, 6.45) is 4.12. The molecular weight excluding hydrogens is 328 g/mol. The van der Waals surface area contributed by atoms with Crippen molar-refractivity contribution in [3.63, 3.8) is 0 Å². The molecule has 0 radical (unpaired) electrons. The van der Waals surface area contributed by atoms with E-state index in [0.717, 1.165) is 37.9 Å². The topological polar surface area (TPSA) is 58.6 Å². The Morgan fingerprint density at radius 1 is 1.15 bits per heavy atom. The smallest absolute Gasteiger partial charge is 0.225 e. The Morgan fingerprint density at radius 2 is 1.77 bits per heavy atom. The molecule has 26 heavy (non-hydrogen) atoms. The standard InChI is InChI=1S/C21H32N2O3/c1-4-17(5-2)21(25)23-14-11-18(12-15-23)20(24)22-13-10-16-6-8-19(26-3)9-7-16/h6-9,17-18H,4-5,10-15H2,1-3H3,(H,22,24). The first kappa shape index (κ1) is 20.3. The number of likely N-dealkylation sites (tertiary alicyclic amines) is 1. The van der Waals surface area contributed by atoms with Gasteiger partial charge in [-0.1, -0.05) is 26.0 Å². The highest BCUT2D eigenvalue weighted by Gasteiger charge is 2.29. The van der Waals surface area contributed by atoms with Gasteiger partial charge in [0.1, 0.15) is 5.75 Å². The average molecular weight is 360 g/mol. The summed E-state index contributed by atoms with van der Waals surface area (Å²) < 4.78 is 5.15. The molecule has 0 spiro atoms. The highest BCUT2D eigenvalue weighted by molar-refractivity contribution is 5.81. The van der Waals surface area contributed by atoms with Crippen LogP contribution < -0.4 is 10.1 Å². The van der Waals surface area contributed by atoms with Gasteiger partial charge in [0.05, 0.1) is 7.11 Å². The third kappa shape index (κ3) is 5.48. The number of hydrogen-bond donors (Lipinski definition) is 1. The molecule has 0 aliphatic carbocycles. The molecule has 0 bridgehead atoms. The highest BCUT2D eigenvalue weighted by Crippen LogP contribution is 2.21. The lowest BCUT2D eigenvalue weighted by Crippen LogP contribution is -2.45. The first-order valence-corrected chi connectivity index (χ1v) is 9.78. The number of nitrogens with one attached hydrogen (secondary N) is 1. The first-order chi connectivity index (χ1) is 12.6. The molecule has 0 atom stereocenters. The Bertz CT molecular complexity index is 573. The molecule has 2 rings (SSSR count). The second-order valence-corrected chi connectivity index (χ2v) is 7.00. The van der Waals surface area contributed by atoms with Crippen LogP contribution in [0.5, 0.6) is 5.75 Å². The van der Waals surface area contributed by atoms with Gasteiger partial charge in [-0.2, -0.15) is 0 Å². The number of hydrogen-bond acceptors (Lipinski definition) is 3. The maximum Gasteiger partial charge on any atom is 0.225 e. The minimum atomic E-state index is 0.0246. The molecule has 5 heteroatoms. The molecule has 2 amide bonds. The predicted molar refractivity (Wildman–Crippen MR) is 103 cm³/mol. The largest absolute Gasteiger partial charge is 0.497 e. The van der Waals surface area contributed by atoms with E-state index in [9.17, 15) is 9.59 Å². The lowest BCUT2D eigenvalue weighted by Gasteiger charge is -2.33. The maximum atomic E-state index is 12.4. The Labute approximate surface area is 157 Å². The molecule has 1 aromatic carbocycles. The Balaban J connectivity index is 1.71. The predicted octanol–water partition coefficient (Wildman–Crippen LogP) is 3.03. The van der Waals surface area contributed by atoms with Gasteiger partial charge < -0.3 is 15.0 Å². The second-order valence-electron chi connectivity index (χ2n) is 7.00. The summed E-state index contributed by atoms with van der Waals surface area (Å²) in [5.41, 5.74) is 1.18. The fourth-order valence-corrected chi connectivity index (χ4v) is 3.52. The van der Waals surface area contributed by atoms with Crippen LogP contribution in [0.2, 0.25) is 0 Å². The number of amides is 2. The number of carbonyl (C=O) groups excluding carboxylic acids is 2. The highest BCUT2D eigenvalue weighted by atomic mass is 16.5. The van der Waals surface area contributed by atoms with E-state index in [0.29, 0.717) is 19.6 Å². The molecule has 0 unspecified atom stereocenters. The second kappa shape index (κ2) is 10.2. The van der Waals surface area contributed by atoms with E-state index in [1.165, 1.54) is 5.56 Å². The zero-order chi connectivity index (χ0) is 18.9. The fourth-order valence-electron chi connectivity index (χ4n) is 3.52. The lowest BCUT2D eigenvalue weighted by atomic mass is 9.93. The van der Waals surface area contributed by atoms with Crippen LogP contribution in [0.1, 0.15) is 45.1 Å². The van der Waals surface area contributed by atoms with E-state index in [2.05, 4.69) is 19.2 Å². The summed E-state index contributed by atoms with van der Waals surface area (Å²) in [6.45, 7) is 6.17. The van der Waals surface area contributed by atoms with Crippen molar-refractivity contribution in [3.05, 3.63) is 29.8 Å². The monoisotopic (exact) mass is 360 g/mol. The Kier molecular flexibility index (Phi) is 7.95. The van der Waals surface area contributed by atoms with Crippen molar-refractivity contribution < 1.29 is 14.3 Å². The summed E-state index contributed by atoms with van der Waals surface area (Å²) in [6, 6.07) is 7.91. The van der Waals surface area contributed by atoms with Gasteiger partial charge in [0, 0.05) is 31.5 Å². The number of ether oxygens (including phenoxy) is 1. The zero-order valence-electron chi connectivity index (χ0n) is 16.3. The molecule has 5 nitrogen and oxygen atoms in total. The number of nitrogens with zero attached hydrogens (tertiary/aromatic N) is 1. The number of piperidine rings is 1. The van der Waals surface area contributed by atoms with Crippen molar-refractivity contribution >= 4 is 11.8 Å². The molecule has 1 saturated heterocycles. The number of benzene rings is 1. The van der Waals surface area contributed by atoms with Crippen LogP contribution in [0.3, 0.4) is 0 Å². The number of methoxy groups -OCH3 is 1. The summed E-state index contributed by atoms with van der Waals surface area (Å²) in [5, 5.41) is 3.04. The van der Waals surface area contributed by atoms with Gasteiger partial charge in [0.2, 0.25) is 11.8 Å². The van der Waals surface area contributed by atoms with Gasteiger partial charge in [0.15, 0.2) is 0 Å². The van der Waals surface area contributed by atoms with Crippen molar-refractivity contribution in [1.82, 2.24) is 10.2 Å². The molecule has 1 heterocycles. The molecule has 1 aliphatic rings. The van der Waals surface area contributed by atoms with E-state index in [-0.39, 0.29) is 23.7 Å². The van der Waals surface area contributed by atoms with Crippen molar-refractivity contribution in [2.75, 3.05) is 26.7 Å². The zero-order valence-corrected chi connectivity index (χ0v) is 16.3.